The van der Waals surface area contributed by atoms with E-state index in [0.29, 0.717) is 27.9 Å². The smallest absolute Gasteiger partial charge is 0.308 e. The van der Waals surface area contributed by atoms with Crippen molar-refractivity contribution in [3.8, 4) is 5.75 Å². The van der Waals surface area contributed by atoms with Gasteiger partial charge in [0, 0.05) is 22.6 Å². The molecule has 0 aromatic heterocycles. The normalized spacial score (nSPS) is 11.4. The van der Waals surface area contributed by atoms with E-state index in [2.05, 4.69) is 20.9 Å². The van der Waals surface area contributed by atoms with E-state index >= 15 is 0 Å². The molecular weight excluding hydrogens is 368 g/mol. The van der Waals surface area contributed by atoms with Crippen LogP contribution in [0.25, 0.3) is 0 Å². The summed E-state index contributed by atoms with van der Waals surface area (Å²) >= 11 is 9.66. The molecule has 0 fully saturated rings. The molecular formula is C16H14BrClN2O2. The third-order valence-corrected chi connectivity index (χ3v) is 3.67. The van der Waals surface area contributed by atoms with Gasteiger partial charge >= 0.3 is 5.97 Å². The molecule has 0 aliphatic heterocycles. The van der Waals surface area contributed by atoms with Crippen LogP contribution in [0.15, 0.2) is 45.9 Å². The number of rotatable bonds is 3. The predicted molar refractivity (Wildman–Crippen MR) is 93.1 cm³/mol. The molecule has 0 saturated heterocycles. The molecule has 0 bridgehead atoms. The van der Waals surface area contributed by atoms with Crippen molar-refractivity contribution in [1.29, 1.82) is 0 Å². The molecule has 0 heterocycles. The molecule has 0 radical (unpaired) electrons. The molecule has 0 unspecified atom stereocenters. The van der Waals surface area contributed by atoms with Crippen LogP contribution in [0.3, 0.4) is 0 Å². The largest absolute Gasteiger partial charge is 0.427 e. The van der Waals surface area contributed by atoms with Crippen LogP contribution in [0.5, 0.6) is 5.75 Å². The quantitative estimate of drug-likeness (QED) is 0.366. The first-order valence-corrected chi connectivity index (χ1v) is 7.62. The summed E-state index contributed by atoms with van der Waals surface area (Å²) in [6, 6.07) is 10.5. The second kappa shape index (κ2) is 6.94. The van der Waals surface area contributed by atoms with Gasteiger partial charge in [0.05, 0.1) is 5.69 Å². The van der Waals surface area contributed by atoms with Gasteiger partial charge in [-0.15, -0.1) is 0 Å². The van der Waals surface area contributed by atoms with Crippen LogP contribution in [-0.2, 0) is 4.79 Å². The molecule has 2 N–H and O–H groups in total. The third-order valence-electron chi connectivity index (χ3n) is 2.89. The Labute approximate surface area is 142 Å². The minimum atomic E-state index is -0.365. The van der Waals surface area contributed by atoms with Gasteiger partial charge in [0.1, 0.15) is 10.9 Å². The average molecular weight is 382 g/mol. The fourth-order valence-electron chi connectivity index (χ4n) is 1.86. The van der Waals surface area contributed by atoms with Crippen molar-refractivity contribution in [2.75, 3.05) is 5.73 Å². The number of nitrogens with zero attached hydrogens (tertiary/aromatic N) is 1. The Balaban J connectivity index is 2.36. The number of carbonyl (C=O) groups excluding carboxylic acids is 1. The molecule has 2 aromatic rings. The van der Waals surface area contributed by atoms with Gasteiger partial charge in [-0.05, 0) is 48.9 Å². The van der Waals surface area contributed by atoms with Gasteiger partial charge < -0.3 is 10.5 Å². The number of aryl methyl sites for hydroxylation is 1. The highest BCUT2D eigenvalue weighted by atomic mass is 79.9. The fourth-order valence-corrected chi connectivity index (χ4v) is 2.47. The third kappa shape index (κ3) is 4.08. The molecule has 0 spiro atoms. The Morgan fingerprint density at radius 2 is 2.00 bits per heavy atom. The molecule has 0 aliphatic carbocycles. The second-order valence-electron chi connectivity index (χ2n) is 4.68. The van der Waals surface area contributed by atoms with E-state index in [1.54, 1.807) is 24.3 Å². The topological polar surface area (TPSA) is 64.7 Å². The summed E-state index contributed by atoms with van der Waals surface area (Å²) in [4.78, 5) is 15.3. The van der Waals surface area contributed by atoms with Crippen molar-refractivity contribution in [3.05, 3.63) is 52.0 Å². The zero-order valence-electron chi connectivity index (χ0n) is 12.1. The standard InChI is InChI=1S/C16H14BrClN2O2/c1-9-7-12(22-10(2)21)4-6-15(9)20-16(18)13-8-11(17)3-5-14(13)19/h3-8H,19H2,1-2H3. The van der Waals surface area contributed by atoms with Crippen molar-refractivity contribution in [1.82, 2.24) is 0 Å². The number of anilines is 1. The van der Waals surface area contributed by atoms with Crippen LogP contribution in [-0.4, -0.2) is 11.1 Å². The maximum absolute atomic E-state index is 11.0. The number of hydrogen-bond donors (Lipinski definition) is 1. The van der Waals surface area contributed by atoms with Gasteiger partial charge in [-0.1, -0.05) is 27.5 Å². The Morgan fingerprint density at radius 3 is 2.64 bits per heavy atom. The van der Waals surface area contributed by atoms with Crippen molar-refractivity contribution in [2.45, 2.75) is 13.8 Å². The highest BCUT2D eigenvalue weighted by Crippen LogP contribution is 2.27. The molecule has 22 heavy (non-hydrogen) atoms. The Morgan fingerprint density at radius 1 is 1.27 bits per heavy atom. The van der Waals surface area contributed by atoms with Crippen LogP contribution in [0.2, 0.25) is 0 Å². The summed E-state index contributed by atoms with van der Waals surface area (Å²) in [6.45, 7) is 3.22. The molecule has 6 heteroatoms. The molecule has 0 saturated carbocycles. The molecule has 4 nitrogen and oxygen atoms in total. The van der Waals surface area contributed by atoms with Gasteiger partial charge in [-0.3, -0.25) is 4.79 Å². The Bertz CT molecular complexity index is 760. The summed E-state index contributed by atoms with van der Waals surface area (Å²) in [5.41, 5.74) is 8.64. The number of nitrogen functional groups attached to an aromatic ring is 1. The molecule has 0 amide bonds. The number of aliphatic imine (C=N–C) groups is 1. The summed E-state index contributed by atoms with van der Waals surface area (Å²) < 4.78 is 5.90. The summed E-state index contributed by atoms with van der Waals surface area (Å²) in [7, 11) is 0. The summed E-state index contributed by atoms with van der Waals surface area (Å²) in [6.07, 6.45) is 0. The van der Waals surface area contributed by atoms with Crippen LogP contribution in [0.1, 0.15) is 18.1 Å². The first-order chi connectivity index (χ1) is 10.4. The van der Waals surface area contributed by atoms with Gasteiger partial charge in [-0.25, -0.2) is 4.99 Å². The summed E-state index contributed by atoms with van der Waals surface area (Å²) in [5.74, 6) is 0.109. The van der Waals surface area contributed by atoms with Crippen LogP contribution in [0, 0.1) is 6.92 Å². The van der Waals surface area contributed by atoms with Crippen LogP contribution < -0.4 is 10.5 Å². The maximum Gasteiger partial charge on any atom is 0.308 e. The number of hydrogen-bond acceptors (Lipinski definition) is 4. The minimum absolute atomic E-state index is 0.294. The lowest BCUT2D eigenvalue weighted by Crippen LogP contribution is -2.01. The average Bonchev–Trinajstić information content (AvgIpc) is 2.43. The monoisotopic (exact) mass is 380 g/mol. The lowest BCUT2D eigenvalue weighted by Gasteiger charge is -2.07. The summed E-state index contributed by atoms with van der Waals surface area (Å²) in [5, 5.41) is 0.294. The molecule has 0 aliphatic rings. The van der Waals surface area contributed by atoms with E-state index < -0.39 is 0 Å². The van der Waals surface area contributed by atoms with Gasteiger partial charge in [0.2, 0.25) is 0 Å². The fraction of sp³-hybridized carbons (Fsp3) is 0.125. The minimum Gasteiger partial charge on any atom is -0.427 e. The van der Waals surface area contributed by atoms with Crippen LogP contribution >= 0.6 is 27.5 Å². The van der Waals surface area contributed by atoms with Crippen molar-refractivity contribution in [3.63, 3.8) is 0 Å². The highest BCUT2D eigenvalue weighted by Gasteiger charge is 2.08. The zero-order chi connectivity index (χ0) is 16.3. The Hall–Kier alpha value is -1.85. The first kappa shape index (κ1) is 16.5. The van der Waals surface area contributed by atoms with Crippen molar-refractivity contribution in [2.24, 2.45) is 4.99 Å². The molecule has 2 rings (SSSR count). The SMILES string of the molecule is CC(=O)Oc1ccc(N=C(Cl)c2cc(Br)ccc2N)c(C)c1. The van der Waals surface area contributed by atoms with E-state index in [-0.39, 0.29) is 5.97 Å². The number of halogens is 2. The number of carbonyl (C=O) groups is 1. The second-order valence-corrected chi connectivity index (χ2v) is 5.95. The van der Waals surface area contributed by atoms with E-state index in [1.807, 2.05) is 19.1 Å². The van der Waals surface area contributed by atoms with E-state index in [1.165, 1.54) is 6.92 Å². The number of nitrogens with two attached hydrogens (primary N) is 1. The van der Waals surface area contributed by atoms with Crippen molar-refractivity contribution < 1.29 is 9.53 Å². The van der Waals surface area contributed by atoms with E-state index in [0.717, 1.165) is 10.0 Å². The molecule has 0 atom stereocenters. The van der Waals surface area contributed by atoms with Crippen molar-refractivity contribution >= 4 is 50.0 Å². The zero-order valence-corrected chi connectivity index (χ0v) is 14.4. The first-order valence-electron chi connectivity index (χ1n) is 6.45. The van der Waals surface area contributed by atoms with E-state index in [4.69, 9.17) is 22.1 Å². The van der Waals surface area contributed by atoms with Gasteiger partial charge in [-0.2, -0.15) is 0 Å². The van der Waals surface area contributed by atoms with E-state index in [9.17, 15) is 4.79 Å². The highest BCUT2D eigenvalue weighted by molar-refractivity contribution is 9.10. The lowest BCUT2D eigenvalue weighted by molar-refractivity contribution is -0.131. The number of benzene rings is 2. The van der Waals surface area contributed by atoms with Gasteiger partial charge in [0.15, 0.2) is 0 Å². The molecule has 114 valence electrons. The number of esters is 1. The van der Waals surface area contributed by atoms with Gasteiger partial charge in [0.25, 0.3) is 0 Å². The Kier molecular flexibility index (Phi) is 5.21. The maximum atomic E-state index is 11.0. The van der Waals surface area contributed by atoms with Crippen LogP contribution in [0.4, 0.5) is 11.4 Å². The number of ether oxygens (including phenoxy) is 1. The molecule has 2 aromatic carbocycles. The predicted octanol–water partition coefficient (Wildman–Crippen LogP) is 4.58. The lowest BCUT2D eigenvalue weighted by atomic mass is 10.1.